The topological polar surface area (TPSA) is 9.23 Å². The van der Waals surface area contributed by atoms with Gasteiger partial charge in [0.25, 0.3) is 0 Å². The molecule has 0 amide bonds. The second-order valence-electron chi connectivity index (χ2n) is 5.17. The molecule has 0 spiro atoms. The summed E-state index contributed by atoms with van der Waals surface area (Å²) in [4.78, 5) is 0. The maximum atomic E-state index is 13.3. The zero-order valence-electron chi connectivity index (χ0n) is 12.9. The van der Waals surface area contributed by atoms with Crippen LogP contribution in [0.3, 0.4) is 0 Å². The molecule has 0 radical (unpaired) electrons. The minimum atomic E-state index is -7.88. The molecule has 160 valence electrons. The van der Waals surface area contributed by atoms with Gasteiger partial charge in [-0.1, -0.05) is 0 Å². The maximum Gasteiger partial charge on any atom is 0.460 e. The molecule has 0 saturated carbocycles. The summed E-state index contributed by atoms with van der Waals surface area (Å²) in [6.07, 6.45) is -4.88. The van der Waals surface area contributed by atoms with Crippen LogP contribution >= 0.6 is 0 Å². The van der Waals surface area contributed by atoms with Gasteiger partial charge >= 0.3 is 35.8 Å². The summed E-state index contributed by atoms with van der Waals surface area (Å²) in [6, 6.07) is 0. The van der Waals surface area contributed by atoms with Crippen molar-refractivity contribution < 1.29 is 61.8 Å². The quantitative estimate of drug-likeness (QED) is 0.251. The van der Waals surface area contributed by atoms with E-state index in [9.17, 15) is 57.1 Å². The van der Waals surface area contributed by atoms with Crippen LogP contribution in [-0.2, 0) is 4.74 Å². The standard InChI is InChI=1S/C13H11F13O/c1-2-3-4-6-27-7-5-8(14,15)9(16,17)10(18,19)11(20,21)12(22,23)13(24,25)26/h1H,3-7H2. The van der Waals surface area contributed by atoms with Gasteiger partial charge in [-0.15, -0.1) is 12.3 Å². The molecule has 0 aromatic carbocycles. The maximum absolute atomic E-state index is 13.3. The molecule has 14 heteroatoms. The predicted octanol–water partition coefficient (Wildman–Crippen LogP) is 5.55. The van der Waals surface area contributed by atoms with E-state index in [1.807, 2.05) is 0 Å². The average Bonchev–Trinajstić information content (AvgIpc) is 2.48. The fraction of sp³-hybridized carbons (Fsp3) is 0.846. The Morgan fingerprint density at radius 2 is 1.07 bits per heavy atom. The van der Waals surface area contributed by atoms with Crippen LogP contribution < -0.4 is 0 Å². The Hall–Kier alpha value is -1.39. The van der Waals surface area contributed by atoms with Crippen molar-refractivity contribution in [3.05, 3.63) is 0 Å². The molecule has 0 aromatic heterocycles. The zero-order valence-corrected chi connectivity index (χ0v) is 12.9. The van der Waals surface area contributed by atoms with Crippen LogP contribution in [0.4, 0.5) is 57.1 Å². The van der Waals surface area contributed by atoms with Gasteiger partial charge in [-0.05, 0) is 6.42 Å². The minimum absolute atomic E-state index is 0.0322. The molecular weight excluding hydrogens is 419 g/mol. The van der Waals surface area contributed by atoms with E-state index in [4.69, 9.17) is 6.42 Å². The number of hydrogen-bond acceptors (Lipinski definition) is 1. The number of rotatable bonds is 10. The van der Waals surface area contributed by atoms with Crippen LogP contribution in [0, 0.1) is 12.3 Å². The molecule has 1 nitrogen and oxygen atoms in total. The lowest BCUT2D eigenvalue weighted by Crippen LogP contribution is -2.70. The highest BCUT2D eigenvalue weighted by Gasteiger charge is 2.90. The fourth-order valence-corrected chi connectivity index (χ4v) is 1.54. The first-order valence-corrected chi connectivity index (χ1v) is 6.78. The van der Waals surface area contributed by atoms with Crippen LogP contribution in [0.5, 0.6) is 0 Å². The average molecular weight is 430 g/mol. The van der Waals surface area contributed by atoms with Gasteiger partial charge in [0.1, 0.15) is 0 Å². The normalized spacial score (nSPS) is 15.0. The monoisotopic (exact) mass is 430 g/mol. The van der Waals surface area contributed by atoms with Crippen LogP contribution in [0.1, 0.15) is 19.3 Å². The minimum Gasteiger partial charge on any atom is -0.381 e. The molecule has 0 aliphatic carbocycles. The first-order chi connectivity index (χ1) is 11.8. The summed E-state index contributed by atoms with van der Waals surface area (Å²) < 4.78 is 170. The van der Waals surface area contributed by atoms with E-state index < -0.39 is 55.4 Å². The van der Waals surface area contributed by atoms with Crippen molar-refractivity contribution in [2.75, 3.05) is 13.2 Å². The second-order valence-corrected chi connectivity index (χ2v) is 5.17. The Labute approximate surface area is 143 Å². The van der Waals surface area contributed by atoms with Gasteiger partial charge in [0.2, 0.25) is 0 Å². The van der Waals surface area contributed by atoms with Crippen molar-refractivity contribution in [3.8, 4) is 12.3 Å². The largest absolute Gasteiger partial charge is 0.460 e. The summed E-state index contributed by atoms with van der Waals surface area (Å²) in [5.41, 5.74) is 0. The summed E-state index contributed by atoms with van der Waals surface area (Å²) >= 11 is 0. The highest BCUT2D eigenvalue weighted by molar-refractivity contribution is 5.10. The number of unbranched alkanes of at least 4 members (excludes halogenated alkanes) is 1. The Morgan fingerprint density at radius 1 is 0.630 bits per heavy atom. The molecule has 0 aliphatic rings. The van der Waals surface area contributed by atoms with Crippen molar-refractivity contribution in [1.29, 1.82) is 0 Å². The Balaban J connectivity index is 5.53. The highest BCUT2D eigenvalue weighted by atomic mass is 19.4. The first-order valence-electron chi connectivity index (χ1n) is 6.78. The third-order valence-corrected chi connectivity index (χ3v) is 3.17. The van der Waals surface area contributed by atoms with E-state index in [0.29, 0.717) is 0 Å². The van der Waals surface area contributed by atoms with Crippen molar-refractivity contribution in [3.63, 3.8) is 0 Å². The molecule has 0 bridgehead atoms. The lowest BCUT2D eigenvalue weighted by atomic mass is 9.93. The fourth-order valence-electron chi connectivity index (χ4n) is 1.54. The number of alkyl halides is 13. The van der Waals surface area contributed by atoms with Gasteiger partial charge in [0.15, 0.2) is 0 Å². The highest BCUT2D eigenvalue weighted by Crippen LogP contribution is 2.60. The van der Waals surface area contributed by atoms with E-state index in [1.54, 1.807) is 0 Å². The molecule has 0 rings (SSSR count). The Kier molecular flexibility index (Phi) is 7.52. The predicted molar refractivity (Wildman–Crippen MR) is 64.3 cm³/mol. The van der Waals surface area contributed by atoms with E-state index >= 15 is 0 Å². The molecule has 0 unspecified atom stereocenters. The van der Waals surface area contributed by atoms with E-state index in [-0.39, 0.29) is 12.8 Å². The van der Waals surface area contributed by atoms with E-state index in [1.165, 1.54) is 0 Å². The molecule has 0 aliphatic heterocycles. The van der Waals surface area contributed by atoms with Crippen LogP contribution in [-0.4, -0.2) is 49.0 Å². The lowest BCUT2D eigenvalue weighted by molar-refractivity contribution is -0.440. The van der Waals surface area contributed by atoms with Gasteiger partial charge in [-0.2, -0.15) is 57.1 Å². The molecule has 27 heavy (non-hydrogen) atoms. The molecule has 0 fully saturated rings. The number of terminal acetylenes is 1. The summed E-state index contributed by atoms with van der Waals surface area (Å²) in [7, 11) is 0. The molecule has 0 aromatic rings. The Bertz CT molecular complexity index is 529. The van der Waals surface area contributed by atoms with Gasteiger partial charge in [-0.3, -0.25) is 0 Å². The van der Waals surface area contributed by atoms with Gasteiger partial charge < -0.3 is 4.74 Å². The number of ether oxygens (including phenoxy) is 1. The second kappa shape index (κ2) is 7.92. The van der Waals surface area contributed by atoms with Crippen LogP contribution in [0.15, 0.2) is 0 Å². The summed E-state index contributed by atoms with van der Waals surface area (Å²) in [5, 5.41) is 0. The zero-order chi connectivity index (χ0) is 21.9. The summed E-state index contributed by atoms with van der Waals surface area (Å²) in [6.45, 7) is -1.82. The van der Waals surface area contributed by atoms with Gasteiger partial charge in [-0.25, -0.2) is 0 Å². The van der Waals surface area contributed by atoms with Crippen molar-refractivity contribution in [2.45, 2.75) is 55.1 Å². The van der Waals surface area contributed by atoms with Crippen molar-refractivity contribution in [2.24, 2.45) is 0 Å². The number of halogens is 13. The number of hydrogen-bond donors (Lipinski definition) is 0. The van der Waals surface area contributed by atoms with E-state index in [0.717, 1.165) is 0 Å². The molecule has 0 N–H and O–H groups in total. The molecule has 0 atom stereocenters. The van der Waals surface area contributed by atoms with Gasteiger partial charge in [0.05, 0.1) is 6.61 Å². The Morgan fingerprint density at radius 3 is 1.48 bits per heavy atom. The molecular formula is C13H11F13O. The molecule has 0 saturated heterocycles. The first kappa shape index (κ1) is 25.6. The van der Waals surface area contributed by atoms with Crippen molar-refractivity contribution in [1.82, 2.24) is 0 Å². The van der Waals surface area contributed by atoms with Gasteiger partial charge in [0, 0.05) is 19.4 Å². The van der Waals surface area contributed by atoms with Crippen molar-refractivity contribution >= 4 is 0 Å². The van der Waals surface area contributed by atoms with Crippen LogP contribution in [0.2, 0.25) is 0 Å². The summed E-state index contributed by atoms with van der Waals surface area (Å²) in [5.74, 6) is -34.6. The van der Waals surface area contributed by atoms with E-state index in [2.05, 4.69) is 10.7 Å². The molecule has 0 heterocycles. The smallest absolute Gasteiger partial charge is 0.381 e. The third-order valence-electron chi connectivity index (χ3n) is 3.17. The SMILES string of the molecule is C#CCCCOCCC(F)(F)C(F)(F)C(F)(F)C(F)(F)C(F)(F)C(F)(F)F. The third kappa shape index (κ3) is 4.55. The van der Waals surface area contributed by atoms with Crippen LogP contribution in [0.25, 0.3) is 0 Å². The lowest BCUT2D eigenvalue weighted by Gasteiger charge is -2.39.